The van der Waals surface area contributed by atoms with Crippen LogP contribution in [0.15, 0.2) is 42.1 Å². The lowest BCUT2D eigenvalue weighted by Gasteiger charge is -2.36. The SMILES string of the molecule is COC(=O)[C@@]1(C)C[C@H](C)C(=O)C=C1N[C@@H](C)c1ccccc1. The van der Waals surface area contributed by atoms with Crippen LogP contribution in [0, 0.1) is 11.3 Å². The Morgan fingerprint density at radius 1 is 1.36 bits per heavy atom. The topological polar surface area (TPSA) is 55.4 Å². The minimum atomic E-state index is -0.814. The molecule has 0 aliphatic heterocycles. The van der Waals surface area contributed by atoms with Gasteiger partial charge in [-0.15, -0.1) is 0 Å². The second-order valence-corrected chi connectivity index (χ2v) is 6.17. The standard InChI is InChI=1S/C18H23NO3/c1-12-11-18(3,17(21)22-4)16(10-15(12)20)19-13(2)14-8-6-5-7-9-14/h5-10,12-13,19H,11H2,1-4H3/t12-,13-,18-/m0/s1. The van der Waals surface area contributed by atoms with Gasteiger partial charge in [-0.25, -0.2) is 0 Å². The van der Waals surface area contributed by atoms with Crippen LogP contribution in [0.25, 0.3) is 0 Å². The van der Waals surface area contributed by atoms with Gasteiger partial charge in [0.25, 0.3) is 0 Å². The van der Waals surface area contributed by atoms with E-state index in [0.717, 1.165) is 5.56 Å². The van der Waals surface area contributed by atoms with Crippen molar-refractivity contribution in [1.29, 1.82) is 0 Å². The molecule has 22 heavy (non-hydrogen) atoms. The van der Waals surface area contributed by atoms with Crippen LogP contribution in [-0.4, -0.2) is 18.9 Å². The summed E-state index contributed by atoms with van der Waals surface area (Å²) in [6.45, 7) is 5.69. The van der Waals surface area contributed by atoms with Gasteiger partial charge in [-0.3, -0.25) is 9.59 Å². The van der Waals surface area contributed by atoms with Gasteiger partial charge in [0, 0.05) is 23.7 Å². The van der Waals surface area contributed by atoms with Crippen LogP contribution >= 0.6 is 0 Å². The molecular formula is C18H23NO3. The predicted octanol–water partition coefficient (Wildman–Crippen LogP) is 3.01. The number of hydrogen-bond acceptors (Lipinski definition) is 4. The van der Waals surface area contributed by atoms with Gasteiger partial charge in [0.2, 0.25) is 0 Å². The summed E-state index contributed by atoms with van der Waals surface area (Å²) < 4.78 is 4.96. The van der Waals surface area contributed by atoms with E-state index >= 15 is 0 Å². The van der Waals surface area contributed by atoms with E-state index in [-0.39, 0.29) is 23.7 Å². The number of esters is 1. The summed E-state index contributed by atoms with van der Waals surface area (Å²) in [6, 6.07) is 9.92. The van der Waals surface area contributed by atoms with Crippen molar-refractivity contribution in [1.82, 2.24) is 5.32 Å². The third-order valence-electron chi connectivity index (χ3n) is 4.39. The Labute approximate surface area is 131 Å². The maximum Gasteiger partial charge on any atom is 0.317 e. The van der Waals surface area contributed by atoms with E-state index in [2.05, 4.69) is 5.32 Å². The van der Waals surface area contributed by atoms with Crippen LogP contribution in [0.4, 0.5) is 0 Å². The van der Waals surface area contributed by atoms with Gasteiger partial charge in [-0.05, 0) is 25.8 Å². The van der Waals surface area contributed by atoms with Gasteiger partial charge in [-0.1, -0.05) is 37.3 Å². The third kappa shape index (κ3) is 3.06. The van der Waals surface area contributed by atoms with Crippen LogP contribution < -0.4 is 5.32 Å². The van der Waals surface area contributed by atoms with Crippen molar-refractivity contribution < 1.29 is 14.3 Å². The Morgan fingerprint density at radius 3 is 2.59 bits per heavy atom. The third-order valence-corrected chi connectivity index (χ3v) is 4.39. The number of nitrogens with one attached hydrogen (secondary N) is 1. The fourth-order valence-electron chi connectivity index (χ4n) is 2.94. The fourth-order valence-corrected chi connectivity index (χ4v) is 2.94. The van der Waals surface area contributed by atoms with Crippen molar-refractivity contribution in [2.75, 3.05) is 7.11 Å². The van der Waals surface area contributed by atoms with Crippen LogP contribution in [0.5, 0.6) is 0 Å². The molecule has 0 bridgehead atoms. The van der Waals surface area contributed by atoms with Gasteiger partial charge in [0.05, 0.1) is 7.11 Å². The zero-order valence-corrected chi connectivity index (χ0v) is 13.6. The Morgan fingerprint density at radius 2 is 2.00 bits per heavy atom. The highest BCUT2D eigenvalue weighted by atomic mass is 16.5. The first-order valence-electron chi connectivity index (χ1n) is 7.54. The zero-order valence-electron chi connectivity index (χ0n) is 13.6. The first-order valence-corrected chi connectivity index (χ1v) is 7.54. The van der Waals surface area contributed by atoms with E-state index in [9.17, 15) is 9.59 Å². The molecule has 0 fully saturated rings. The quantitative estimate of drug-likeness (QED) is 0.869. The molecule has 1 aromatic rings. The number of methoxy groups -OCH3 is 1. The van der Waals surface area contributed by atoms with Crippen LogP contribution in [0.1, 0.15) is 38.8 Å². The smallest absolute Gasteiger partial charge is 0.317 e. The van der Waals surface area contributed by atoms with Crippen molar-refractivity contribution in [2.45, 2.75) is 33.2 Å². The number of allylic oxidation sites excluding steroid dienone is 1. The molecule has 1 aromatic carbocycles. The van der Waals surface area contributed by atoms with E-state index in [1.165, 1.54) is 7.11 Å². The molecule has 0 radical (unpaired) electrons. The van der Waals surface area contributed by atoms with Gasteiger partial charge >= 0.3 is 5.97 Å². The van der Waals surface area contributed by atoms with E-state index < -0.39 is 5.41 Å². The van der Waals surface area contributed by atoms with Gasteiger partial charge in [0.15, 0.2) is 5.78 Å². The summed E-state index contributed by atoms with van der Waals surface area (Å²) in [7, 11) is 1.38. The first-order chi connectivity index (χ1) is 10.4. The van der Waals surface area contributed by atoms with Crippen LogP contribution in [-0.2, 0) is 14.3 Å². The molecule has 118 valence electrons. The summed E-state index contributed by atoms with van der Waals surface area (Å²) in [5.74, 6) is -0.448. The monoisotopic (exact) mass is 301 g/mol. The maximum absolute atomic E-state index is 12.3. The fraction of sp³-hybridized carbons (Fsp3) is 0.444. The lowest BCUT2D eigenvalue weighted by atomic mass is 9.72. The molecule has 0 unspecified atom stereocenters. The Kier molecular flexibility index (Phi) is 4.69. The molecule has 2 rings (SSSR count). The average molecular weight is 301 g/mol. The minimum absolute atomic E-state index is 0.00219. The number of carbonyl (C=O) groups is 2. The molecule has 3 atom stereocenters. The average Bonchev–Trinajstić information content (AvgIpc) is 2.52. The Bertz CT molecular complexity index is 594. The maximum atomic E-state index is 12.3. The number of benzene rings is 1. The van der Waals surface area contributed by atoms with Gasteiger partial charge in [0.1, 0.15) is 5.41 Å². The summed E-state index contributed by atoms with van der Waals surface area (Å²) in [5, 5.41) is 3.33. The lowest BCUT2D eigenvalue weighted by molar-refractivity contribution is -0.151. The van der Waals surface area contributed by atoms with Crippen molar-refractivity contribution >= 4 is 11.8 Å². The van der Waals surface area contributed by atoms with Gasteiger partial charge < -0.3 is 10.1 Å². The molecule has 0 aromatic heterocycles. The van der Waals surface area contributed by atoms with Crippen molar-refractivity contribution in [3.05, 3.63) is 47.7 Å². The molecule has 0 amide bonds. The summed E-state index contributed by atoms with van der Waals surface area (Å²) in [4.78, 5) is 24.3. The Balaban J connectivity index is 2.31. The molecule has 4 heteroatoms. The number of ether oxygens (including phenoxy) is 1. The van der Waals surface area contributed by atoms with E-state index in [4.69, 9.17) is 4.74 Å². The summed E-state index contributed by atoms with van der Waals surface area (Å²) in [6.07, 6.45) is 2.02. The molecule has 1 aliphatic carbocycles. The van der Waals surface area contributed by atoms with Crippen molar-refractivity contribution in [3.8, 4) is 0 Å². The highest BCUT2D eigenvalue weighted by molar-refractivity contribution is 5.96. The lowest BCUT2D eigenvalue weighted by Crippen LogP contribution is -2.43. The summed E-state index contributed by atoms with van der Waals surface area (Å²) >= 11 is 0. The van der Waals surface area contributed by atoms with Gasteiger partial charge in [-0.2, -0.15) is 0 Å². The second kappa shape index (κ2) is 6.34. The molecule has 1 aliphatic rings. The van der Waals surface area contributed by atoms with Crippen LogP contribution in [0.2, 0.25) is 0 Å². The van der Waals surface area contributed by atoms with Crippen LogP contribution in [0.3, 0.4) is 0 Å². The minimum Gasteiger partial charge on any atom is -0.468 e. The van der Waals surface area contributed by atoms with E-state index in [0.29, 0.717) is 12.1 Å². The van der Waals surface area contributed by atoms with Crippen molar-refractivity contribution in [2.24, 2.45) is 11.3 Å². The molecule has 0 saturated carbocycles. The molecule has 1 N–H and O–H groups in total. The number of hydrogen-bond donors (Lipinski definition) is 1. The normalized spacial score (nSPS) is 26.1. The second-order valence-electron chi connectivity index (χ2n) is 6.17. The highest BCUT2D eigenvalue weighted by Crippen LogP contribution is 2.39. The number of rotatable bonds is 4. The number of ketones is 1. The predicted molar refractivity (Wildman–Crippen MR) is 85.0 cm³/mol. The Hall–Kier alpha value is -2.10. The first kappa shape index (κ1) is 16.3. The summed E-state index contributed by atoms with van der Waals surface area (Å²) in [5.41, 5.74) is 0.922. The molecule has 0 heterocycles. The van der Waals surface area contributed by atoms with Crippen molar-refractivity contribution in [3.63, 3.8) is 0 Å². The molecule has 0 spiro atoms. The van der Waals surface area contributed by atoms with E-state index in [1.807, 2.05) is 51.1 Å². The number of carbonyl (C=O) groups excluding carboxylic acids is 2. The highest BCUT2D eigenvalue weighted by Gasteiger charge is 2.44. The molecule has 4 nitrogen and oxygen atoms in total. The molecular weight excluding hydrogens is 278 g/mol. The van der Waals surface area contributed by atoms with E-state index in [1.54, 1.807) is 6.08 Å². The largest absolute Gasteiger partial charge is 0.468 e. The molecule has 0 saturated heterocycles. The zero-order chi connectivity index (χ0) is 16.3.